The van der Waals surface area contributed by atoms with E-state index in [0.717, 1.165) is 17.0 Å². The number of thiophene rings is 1. The molecule has 1 amide bonds. The second-order valence-corrected chi connectivity index (χ2v) is 7.46. The minimum atomic E-state index is -1.03. The maximum atomic E-state index is 12.7. The second kappa shape index (κ2) is 7.84. The quantitative estimate of drug-likeness (QED) is 0.439. The standard InChI is InChI=1S/C22H17N3O4S/c1-29-15-8-4-12(5-9-15)17-11-10-16-18(23)19(30-21(16)25-17)20(26)24-14-6-2-13(3-7-14)22(27)28/h2-11H,23H2,1H3,(H,24,26)(H,27,28). The zero-order valence-electron chi connectivity index (χ0n) is 15.9. The summed E-state index contributed by atoms with van der Waals surface area (Å²) in [5.41, 5.74) is 8.88. The number of hydrogen-bond acceptors (Lipinski definition) is 6. The van der Waals surface area contributed by atoms with E-state index in [1.54, 1.807) is 7.11 Å². The normalized spacial score (nSPS) is 10.7. The van der Waals surface area contributed by atoms with Crippen LogP contribution in [0.2, 0.25) is 0 Å². The van der Waals surface area contributed by atoms with Crippen molar-refractivity contribution in [1.29, 1.82) is 0 Å². The number of fused-ring (bicyclic) bond motifs is 1. The fourth-order valence-electron chi connectivity index (χ4n) is 2.97. The highest BCUT2D eigenvalue weighted by atomic mass is 32.1. The lowest BCUT2D eigenvalue weighted by Gasteiger charge is -2.04. The van der Waals surface area contributed by atoms with E-state index in [2.05, 4.69) is 10.3 Å². The molecule has 4 aromatic rings. The van der Waals surface area contributed by atoms with Gasteiger partial charge in [-0.25, -0.2) is 9.78 Å². The van der Waals surface area contributed by atoms with E-state index in [0.29, 0.717) is 26.5 Å². The Labute approximate surface area is 175 Å². The monoisotopic (exact) mass is 419 g/mol. The maximum Gasteiger partial charge on any atom is 0.335 e. The number of pyridine rings is 1. The number of carboxylic acid groups (broad SMARTS) is 1. The van der Waals surface area contributed by atoms with Gasteiger partial charge in [0.25, 0.3) is 5.91 Å². The molecule has 0 aliphatic carbocycles. The smallest absolute Gasteiger partial charge is 0.335 e. The van der Waals surface area contributed by atoms with Crippen molar-refractivity contribution in [1.82, 2.24) is 4.98 Å². The number of nitrogen functional groups attached to an aromatic ring is 1. The summed E-state index contributed by atoms with van der Waals surface area (Å²) in [7, 11) is 1.61. The molecule has 0 bridgehead atoms. The van der Waals surface area contributed by atoms with Crippen LogP contribution >= 0.6 is 11.3 Å². The lowest BCUT2D eigenvalue weighted by atomic mass is 10.1. The van der Waals surface area contributed by atoms with E-state index < -0.39 is 5.97 Å². The van der Waals surface area contributed by atoms with Gasteiger partial charge in [0.05, 0.1) is 24.1 Å². The van der Waals surface area contributed by atoms with E-state index >= 15 is 0 Å². The first-order valence-corrected chi connectivity index (χ1v) is 9.76. The summed E-state index contributed by atoms with van der Waals surface area (Å²) in [5.74, 6) is -0.638. The summed E-state index contributed by atoms with van der Waals surface area (Å²) >= 11 is 1.21. The molecule has 150 valence electrons. The van der Waals surface area contributed by atoms with E-state index in [1.165, 1.54) is 35.6 Å². The molecular formula is C22H17N3O4S. The van der Waals surface area contributed by atoms with Gasteiger partial charge in [-0.3, -0.25) is 4.79 Å². The van der Waals surface area contributed by atoms with E-state index in [9.17, 15) is 9.59 Å². The number of carbonyl (C=O) groups is 2. The first kappa shape index (κ1) is 19.4. The predicted octanol–water partition coefficient (Wildman–Crippen LogP) is 4.50. The topological polar surface area (TPSA) is 115 Å². The number of ether oxygens (including phenoxy) is 1. The van der Waals surface area contributed by atoms with E-state index in [-0.39, 0.29) is 11.5 Å². The minimum Gasteiger partial charge on any atom is -0.497 e. The number of hydrogen-bond donors (Lipinski definition) is 3. The molecule has 0 unspecified atom stereocenters. The number of benzene rings is 2. The second-order valence-electron chi connectivity index (χ2n) is 6.46. The van der Waals surface area contributed by atoms with Gasteiger partial charge in [0.15, 0.2) is 0 Å². The number of carboxylic acids is 1. The molecule has 0 saturated carbocycles. The van der Waals surface area contributed by atoms with Gasteiger partial charge in [-0.2, -0.15) is 0 Å². The minimum absolute atomic E-state index is 0.143. The summed E-state index contributed by atoms with van der Waals surface area (Å²) < 4.78 is 5.18. The molecule has 2 aromatic carbocycles. The maximum absolute atomic E-state index is 12.7. The number of aromatic carboxylic acids is 1. The van der Waals surface area contributed by atoms with Crippen LogP contribution in [-0.4, -0.2) is 29.1 Å². The van der Waals surface area contributed by atoms with Crippen LogP contribution in [0.4, 0.5) is 11.4 Å². The Bertz CT molecular complexity index is 1250. The lowest BCUT2D eigenvalue weighted by Crippen LogP contribution is -2.12. The van der Waals surface area contributed by atoms with Gasteiger partial charge >= 0.3 is 5.97 Å². The molecule has 0 aliphatic heterocycles. The van der Waals surface area contributed by atoms with Crippen LogP contribution in [0.3, 0.4) is 0 Å². The third-order valence-electron chi connectivity index (χ3n) is 4.58. The van der Waals surface area contributed by atoms with Gasteiger partial charge in [0, 0.05) is 16.6 Å². The van der Waals surface area contributed by atoms with Crippen molar-refractivity contribution in [2.45, 2.75) is 0 Å². The third-order valence-corrected chi connectivity index (χ3v) is 5.69. The molecule has 2 aromatic heterocycles. The molecule has 0 atom stereocenters. The molecule has 0 spiro atoms. The Morgan fingerprint density at radius 1 is 1.03 bits per heavy atom. The first-order valence-electron chi connectivity index (χ1n) is 8.94. The van der Waals surface area contributed by atoms with Gasteiger partial charge in [0.1, 0.15) is 15.5 Å². The zero-order valence-corrected chi connectivity index (χ0v) is 16.7. The number of anilines is 2. The van der Waals surface area contributed by atoms with Crippen molar-refractivity contribution in [2.75, 3.05) is 18.2 Å². The third kappa shape index (κ3) is 3.68. The predicted molar refractivity (Wildman–Crippen MR) is 117 cm³/mol. The average molecular weight is 419 g/mol. The summed E-state index contributed by atoms with van der Waals surface area (Å²) in [6, 6.07) is 17.2. The SMILES string of the molecule is COc1ccc(-c2ccc3c(N)c(C(=O)Nc4ccc(C(=O)O)cc4)sc3n2)cc1. The van der Waals surface area contributed by atoms with Crippen LogP contribution in [0.5, 0.6) is 5.75 Å². The fraction of sp³-hybridized carbons (Fsp3) is 0.0455. The Morgan fingerprint density at radius 3 is 2.37 bits per heavy atom. The zero-order chi connectivity index (χ0) is 21.3. The summed E-state index contributed by atoms with van der Waals surface area (Å²) in [6.07, 6.45) is 0. The number of aromatic nitrogens is 1. The number of nitrogens with two attached hydrogens (primary N) is 1. The van der Waals surface area contributed by atoms with Crippen molar-refractivity contribution < 1.29 is 19.4 Å². The highest BCUT2D eigenvalue weighted by molar-refractivity contribution is 7.21. The Hall–Kier alpha value is -3.91. The fourth-order valence-corrected chi connectivity index (χ4v) is 3.96. The van der Waals surface area contributed by atoms with Crippen LogP contribution in [0, 0.1) is 0 Å². The molecule has 30 heavy (non-hydrogen) atoms. The largest absolute Gasteiger partial charge is 0.497 e. The Kier molecular flexibility index (Phi) is 5.07. The van der Waals surface area contributed by atoms with Crippen molar-refractivity contribution in [3.63, 3.8) is 0 Å². The van der Waals surface area contributed by atoms with Gasteiger partial charge in [0.2, 0.25) is 0 Å². The molecular weight excluding hydrogens is 402 g/mol. The lowest BCUT2D eigenvalue weighted by molar-refractivity contribution is 0.0696. The van der Waals surface area contributed by atoms with Crippen LogP contribution in [0.1, 0.15) is 20.0 Å². The first-order chi connectivity index (χ1) is 14.5. The molecule has 2 heterocycles. The summed E-state index contributed by atoms with van der Waals surface area (Å²) in [6.45, 7) is 0. The number of rotatable bonds is 5. The van der Waals surface area contributed by atoms with Gasteiger partial charge in [-0.15, -0.1) is 11.3 Å². The summed E-state index contributed by atoms with van der Waals surface area (Å²) in [5, 5.41) is 12.4. The van der Waals surface area contributed by atoms with Crippen LogP contribution < -0.4 is 15.8 Å². The van der Waals surface area contributed by atoms with E-state index in [1.807, 2.05) is 36.4 Å². The molecule has 0 fully saturated rings. The van der Waals surface area contributed by atoms with Crippen molar-refractivity contribution in [2.24, 2.45) is 0 Å². The molecule has 4 rings (SSSR count). The molecule has 4 N–H and O–H groups in total. The van der Waals surface area contributed by atoms with Crippen molar-refractivity contribution in [3.05, 3.63) is 71.1 Å². The molecule has 0 radical (unpaired) electrons. The van der Waals surface area contributed by atoms with Crippen molar-refractivity contribution >= 4 is 44.8 Å². The number of nitrogens with one attached hydrogen (secondary N) is 1. The highest BCUT2D eigenvalue weighted by Crippen LogP contribution is 2.35. The Balaban J connectivity index is 1.61. The van der Waals surface area contributed by atoms with Gasteiger partial charge in [-0.05, 0) is 60.7 Å². The molecule has 0 aliphatic rings. The Morgan fingerprint density at radius 2 is 1.73 bits per heavy atom. The van der Waals surface area contributed by atoms with Crippen LogP contribution in [0.25, 0.3) is 21.5 Å². The van der Waals surface area contributed by atoms with Crippen molar-refractivity contribution in [3.8, 4) is 17.0 Å². The van der Waals surface area contributed by atoms with Gasteiger partial charge in [-0.1, -0.05) is 0 Å². The molecule has 7 nitrogen and oxygen atoms in total. The average Bonchev–Trinajstić information content (AvgIpc) is 3.10. The number of carbonyl (C=O) groups excluding carboxylic acids is 1. The summed E-state index contributed by atoms with van der Waals surface area (Å²) in [4.78, 5) is 29.3. The number of nitrogens with zero attached hydrogens (tertiary/aromatic N) is 1. The molecule has 0 saturated heterocycles. The van der Waals surface area contributed by atoms with Crippen LogP contribution in [0.15, 0.2) is 60.7 Å². The van der Waals surface area contributed by atoms with Gasteiger partial charge < -0.3 is 20.9 Å². The van der Waals surface area contributed by atoms with Crippen LogP contribution in [-0.2, 0) is 0 Å². The highest BCUT2D eigenvalue weighted by Gasteiger charge is 2.18. The number of methoxy groups -OCH3 is 1. The molecule has 8 heteroatoms. The van der Waals surface area contributed by atoms with E-state index in [4.69, 9.17) is 15.6 Å². The number of amides is 1.